The summed E-state index contributed by atoms with van der Waals surface area (Å²) >= 11 is 0. The summed E-state index contributed by atoms with van der Waals surface area (Å²) in [5, 5.41) is 22.1. The van der Waals surface area contributed by atoms with Crippen LogP contribution in [0.1, 0.15) is 16.8 Å². The molecular weight excluding hydrogens is 269 g/mol. The van der Waals surface area contributed by atoms with Gasteiger partial charge in [-0.05, 0) is 0 Å². The SMILES string of the molecule is N#CCCn1ncc(C(=O)O)c1NC(=O)C(F)(F)F. The molecule has 0 fully saturated rings. The largest absolute Gasteiger partial charge is 0.477 e. The zero-order valence-electron chi connectivity index (χ0n) is 9.23. The number of rotatable bonds is 4. The van der Waals surface area contributed by atoms with Gasteiger partial charge in [-0.1, -0.05) is 0 Å². The number of carboxylic acids is 1. The number of hydrogen-bond acceptors (Lipinski definition) is 4. The van der Waals surface area contributed by atoms with Gasteiger partial charge in [-0.15, -0.1) is 0 Å². The first-order valence-electron chi connectivity index (χ1n) is 4.81. The zero-order chi connectivity index (χ0) is 14.6. The van der Waals surface area contributed by atoms with Gasteiger partial charge in [-0.25, -0.2) is 9.48 Å². The van der Waals surface area contributed by atoms with Crippen LogP contribution in [-0.4, -0.2) is 32.9 Å². The fourth-order valence-corrected chi connectivity index (χ4v) is 1.18. The summed E-state index contributed by atoms with van der Waals surface area (Å²) in [7, 11) is 0. The number of aryl methyl sites for hydroxylation is 1. The minimum atomic E-state index is -5.15. The number of carbonyl (C=O) groups is 2. The van der Waals surface area contributed by atoms with Crippen LogP contribution in [0, 0.1) is 11.3 Å². The lowest BCUT2D eigenvalue weighted by Crippen LogP contribution is -2.31. The summed E-state index contributed by atoms with van der Waals surface area (Å²) in [6, 6.07) is 1.72. The van der Waals surface area contributed by atoms with Crippen LogP contribution < -0.4 is 5.32 Å². The maximum atomic E-state index is 12.1. The molecule has 10 heteroatoms. The lowest BCUT2D eigenvalue weighted by Gasteiger charge is -2.10. The highest BCUT2D eigenvalue weighted by Gasteiger charge is 2.40. The maximum Gasteiger partial charge on any atom is 0.471 e. The quantitative estimate of drug-likeness (QED) is 0.852. The Morgan fingerprint density at radius 2 is 2.16 bits per heavy atom. The lowest BCUT2D eigenvalue weighted by atomic mass is 10.3. The van der Waals surface area contributed by atoms with Crippen LogP contribution in [0.4, 0.5) is 19.0 Å². The van der Waals surface area contributed by atoms with Crippen LogP contribution in [0.3, 0.4) is 0 Å². The van der Waals surface area contributed by atoms with Crippen LogP contribution >= 0.6 is 0 Å². The number of amides is 1. The molecule has 0 unspecified atom stereocenters. The molecule has 0 aliphatic carbocycles. The van der Waals surface area contributed by atoms with E-state index in [4.69, 9.17) is 10.4 Å². The zero-order valence-corrected chi connectivity index (χ0v) is 9.23. The van der Waals surface area contributed by atoms with Gasteiger partial charge >= 0.3 is 18.1 Å². The highest BCUT2D eigenvalue weighted by molar-refractivity contribution is 6.01. The van der Waals surface area contributed by atoms with Crippen molar-refractivity contribution in [3.05, 3.63) is 11.8 Å². The summed E-state index contributed by atoms with van der Waals surface area (Å²) in [5.41, 5.74) is -0.587. The highest BCUT2D eigenvalue weighted by Crippen LogP contribution is 2.21. The van der Waals surface area contributed by atoms with Gasteiger partial charge in [-0.3, -0.25) is 4.79 Å². The van der Waals surface area contributed by atoms with Crippen molar-refractivity contribution in [2.75, 3.05) is 5.32 Å². The number of nitrogens with zero attached hydrogens (tertiary/aromatic N) is 3. The Morgan fingerprint density at radius 1 is 1.53 bits per heavy atom. The predicted octanol–water partition coefficient (Wildman–Crippen LogP) is 0.996. The van der Waals surface area contributed by atoms with Crippen LogP contribution in [0.25, 0.3) is 0 Å². The number of carbonyl (C=O) groups excluding carboxylic acids is 1. The van der Waals surface area contributed by atoms with Crippen molar-refractivity contribution < 1.29 is 27.9 Å². The van der Waals surface area contributed by atoms with Crippen molar-refractivity contribution in [1.82, 2.24) is 9.78 Å². The molecule has 1 amide bonds. The first kappa shape index (κ1) is 14.5. The van der Waals surface area contributed by atoms with Crippen LogP contribution in [0.2, 0.25) is 0 Å². The van der Waals surface area contributed by atoms with E-state index in [-0.39, 0.29) is 13.0 Å². The number of nitriles is 1. The second-order valence-corrected chi connectivity index (χ2v) is 3.30. The Morgan fingerprint density at radius 3 is 2.63 bits per heavy atom. The normalized spacial score (nSPS) is 10.8. The van der Waals surface area contributed by atoms with Crippen molar-refractivity contribution in [2.24, 2.45) is 0 Å². The molecule has 19 heavy (non-hydrogen) atoms. The smallest absolute Gasteiger partial charge is 0.471 e. The van der Waals surface area contributed by atoms with Gasteiger partial charge in [0.1, 0.15) is 11.4 Å². The number of hydrogen-bond donors (Lipinski definition) is 2. The molecule has 0 saturated heterocycles. The second-order valence-electron chi connectivity index (χ2n) is 3.30. The molecule has 1 aromatic rings. The second kappa shape index (κ2) is 5.38. The Labute approximate surface area is 104 Å². The molecule has 0 atom stereocenters. The summed E-state index contributed by atoms with van der Waals surface area (Å²) < 4.78 is 37.2. The van der Waals surface area contributed by atoms with Gasteiger partial charge in [0.25, 0.3) is 0 Å². The van der Waals surface area contributed by atoms with E-state index < -0.39 is 29.4 Å². The van der Waals surface area contributed by atoms with Crippen molar-refractivity contribution in [3.8, 4) is 6.07 Å². The number of halogens is 3. The van der Waals surface area contributed by atoms with Crippen LogP contribution in [-0.2, 0) is 11.3 Å². The monoisotopic (exact) mass is 276 g/mol. The third kappa shape index (κ3) is 3.44. The first-order chi connectivity index (χ1) is 8.77. The fraction of sp³-hybridized carbons (Fsp3) is 0.333. The van der Waals surface area contributed by atoms with Crippen molar-refractivity contribution in [2.45, 2.75) is 19.1 Å². The van der Waals surface area contributed by atoms with E-state index in [0.717, 1.165) is 10.9 Å². The number of alkyl halides is 3. The third-order valence-corrected chi connectivity index (χ3v) is 1.99. The third-order valence-electron chi connectivity index (χ3n) is 1.99. The number of anilines is 1. The van der Waals surface area contributed by atoms with Crippen LogP contribution in [0.15, 0.2) is 6.20 Å². The van der Waals surface area contributed by atoms with E-state index >= 15 is 0 Å². The molecule has 1 heterocycles. The van der Waals surface area contributed by atoms with Crippen molar-refractivity contribution >= 4 is 17.7 Å². The molecule has 102 valence electrons. The van der Waals surface area contributed by atoms with E-state index in [2.05, 4.69) is 5.10 Å². The van der Waals surface area contributed by atoms with E-state index in [1.807, 2.05) is 0 Å². The molecule has 0 aliphatic rings. The average Bonchev–Trinajstić information content (AvgIpc) is 2.68. The number of aromatic carboxylic acids is 1. The Bertz CT molecular complexity index is 544. The van der Waals surface area contributed by atoms with E-state index in [9.17, 15) is 22.8 Å². The maximum absolute atomic E-state index is 12.1. The predicted molar refractivity (Wildman–Crippen MR) is 54.1 cm³/mol. The molecule has 2 N–H and O–H groups in total. The molecule has 0 bridgehead atoms. The number of carboxylic acid groups (broad SMARTS) is 1. The van der Waals surface area contributed by atoms with Gasteiger partial charge in [-0.2, -0.15) is 23.5 Å². The Hall–Kier alpha value is -2.57. The molecule has 7 nitrogen and oxygen atoms in total. The van der Waals surface area contributed by atoms with Crippen molar-refractivity contribution in [3.63, 3.8) is 0 Å². The topological polar surface area (TPSA) is 108 Å². The van der Waals surface area contributed by atoms with Gasteiger partial charge < -0.3 is 10.4 Å². The molecule has 1 aromatic heterocycles. The summed E-state index contributed by atoms with van der Waals surface area (Å²) in [4.78, 5) is 21.6. The molecule has 0 aliphatic heterocycles. The molecule has 0 aromatic carbocycles. The summed E-state index contributed by atoms with van der Waals surface area (Å²) in [5.74, 6) is -4.46. The van der Waals surface area contributed by atoms with Gasteiger partial charge in [0.05, 0.1) is 25.2 Å². The molecular formula is C9H7F3N4O3. The van der Waals surface area contributed by atoms with Crippen molar-refractivity contribution in [1.29, 1.82) is 5.26 Å². The fourth-order valence-electron chi connectivity index (χ4n) is 1.18. The standard InChI is InChI=1S/C9H7F3N4O3/c10-9(11,12)8(19)15-6-5(7(17)18)4-14-16(6)3-1-2-13/h4H,1,3H2,(H,15,19)(H,17,18). The molecule has 1 rings (SSSR count). The van der Waals surface area contributed by atoms with E-state index in [0.29, 0.717) is 0 Å². The summed E-state index contributed by atoms with van der Waals surface area (Å²) in [6.45, 7) is -0.142. The minimum Gasteiger partial charge on any atom is -0.477 e. The highest BCUT2D eigenvalue weighted by atomic mass is 19.4. The van der Waals surface area contributed by atoms with E-state index in [1.165, 1.54) is 5.32 Å². The molecule has 0 saturated carbocycles. The van der Waals surface area contributed by atoms with Gasteiger partial charge in [0.2, 0.25) is 0 Å². The molecule has 0 spiro atoms. The number of aromatic nitrogens is 2. The van der Waals surface area contributed by atoms with Gasteiger partial charge in [0, 0.05) is 0 Å². The molecule has 0 radical (unpaired) electrons. The number of nitrogens with one attached hydrogen (secondary N) is 1. The lowest BCUT2D eigenvalue weighted by molar-refractivity contribution is -0.167. The first-order valence-corrected chi connectivity index (χ1v) is 4.81. The average molecular weight is 276 g/mol. The van der Waals surface area contributed by atoms with Crippen LogP contribution in [0.5, 0.6) is 0 Å². The minimum absolute atomic E-state index is 0.102. The summed E-state index contributed by atoms with van der Waals surface area (Å²) in [6.07, 6.45) is -4.46. The Kier molecular flexibility index (Phi) is 4.11. The Balaban J connectivity index is 3.08. The van der Waals surface area contributed by atoms with Gasteiger partial charge in [0.15, 0.2) is 0 Å². The van der Waals surface area contributed by atoms with E-state index in [1.54, 1.807) is 6.07 Å².